The molecule has 0 aliphatic heterocycles. The van der Waals surface area contributed by atoms with E-state index in [0.29, 0.717) is 11.3 Å². The lowest BCUT2D eigenvalue weighted by atomic mass is 10.1. The zero-order valence-electron chi connectivity index (χ0n) is 14.4. The number of Topliss-reactive ketones (excluding diaryl/α,β-unsaturated/α-hetero) is 1. The summed E-state index contributed by atoms with van der Waals surface area (Å²) in [7, 11) is 0. The Morgan fingerprint density at radius 1 is 0.852 bits per heavy atom. The Bertz CT molecular complexity index is 938. The van der Waals surface area contributed by atoms with E-state index in [-0.39, 0.29) is 32.1 Å². The lowest BCUT2D eigenvalue weighted by Crippen LogP contribution is -2.16. The second-order valence-electron chi connectivity index (χ2n) is 5.65. The number of anilines is 2. The Hall–Kier alpha value is -2.34. The molecule has 0 aliphatic carbocycles. The van der Waals surface area contributed by atoms with Crippen LogP contribution in [0.5, 0.6) is 0 Å². The molecule has 2 aromatic carbocycles. The summed E-state index contributed by atoms with van der Waals surface area (Å²) in [6.07, 6.45) is 1.14. The first-order valence-corrected chi connectivity index (χ1v) is 8.87. The number of benzene rings is 2. The molecule has 0 bridgehead atoms. The summed E-state index contributed by atoms with van der Waals surface area (Å²) in [5, 5.41) is 5.91. The summed E-state index contributed by atoms with van der Waals surface area (Å²) in [4.78, 5) is 35.6. The van der Waals surface area contributed by atoms with Crippen molar-refractivity contribution in [1.82, 2.24) is 0 Å². The van der Waals surface area contributed by atoms with Crippen LogP contribution in [0.25, 0.3) is 0 Å². The van der Waals surface area contributed by atoms with Gasteiger partial charge in [0.25, 0.3) is 5.91 Å². The molecule has 140 valence electrons. The number of carbonyl (C=O) groups is 3. The first-order valence-electron chi connectivity index (χ1n) is 7.73. The number of ketones is 1. The van der Waals surface area contributed by atoms with Crippen LogP contribution in [0.1, 0.15) is 24.2 Å². The van der Waals surface area contributed by atoms with Gasteiger partial charge in [-0.15, -0.1) is 0 Å². The summed E-state index contributed by atoms with van der Waals surface area (Å²) < 4.78 is 0. The quantitative estimate of drug-likeness (QED) is 0.384. The van der Waals surface area contributed by atoms with E-state index in [4.69, 9.17) is 34.8 Å². The highest BCUT2D eigenvalue weighted by molar-refractivity contribution is 6.44. The molecule has 0 saturated heterocycles. The van der Waals surface area contributed by atoms with E-state index in [0.717, 1.165) is 6.08 Å². The molecular formula is C19H15Cl3N2O3. The van der Waals surface area contributed by atoms with Gasteiger partial charge in [-0.25, -0.2) is 0 Å². The summed E-state index contributed by atoms with van der Waals surface area (Å²) in [6, 6.07) is 9.26. The Morgan fingerprint density at radius 2 is 1.44 bits per heavy atom. The first kappa shape index (κ1) is 21.0. The predicted octanol–water partition coefficient (Wildman–Crippen LogP) is 5.37. The topological polar surface area (TPSA) is 75.3 Å². The van der Waals surface area contributed by atoms with Crippen LogP contribution < -0.4 is 10.6 Å². The highest BCUT2D eigenvalue weighted by Gasteiger charge is 2.11. The van der Waals surface area contributed by atoms with Gasteiger partial charge in [0.2, 0.25) is 5.91 Å². The average Bonchev–Trinajstić information content (AvgIpc) is 2.60. The smallest absolute Gasteiger partial charge is 0.251 e. The maximum Gasteiger partial charge on any atom is 0.251 e. The van der Waals surface area contributed by atoms with Crippen LogP contribution in [0.15, 0.2) is 48.0 Å². The standard InChI is InChI=1S/C19H15Cl3N2O3/c1-10(19(27)23-13-5-3-12(4-6-13)11(2)25)7-18(26)24-17-9-15(21)14(20)8-16(17)22/h3-9H,1-2H3,(H,23,27)(H,24,26)/b10-7-. The van der Waals surface area contributed by atoms with E-state index in [9.17, 15) is 14.4 Å². The average molecular weight is 426 g/mol. The van der Waals surface area contributed by atoms with E-state index in [2.05, 4.69) is 10.6 Å². The predicted molar refractivity (Wildman–Crippen MR) is 109 cm³/mol. The lowest BCUT2D eigenvalue weighted by Gasteiger charge is -2.08. The Morgan fingerprint density at radius 3 is 2.04 bits per heavy atom. The van der Waals surface area contributed by atoms with Gasteiger partial charge in [0.1, 0.15) is 0 Å². The Labute approximate surface area is 171 Å². The lowest BCUT2D eigenvalue weighted by molar-refractivity contribution is -0.114. The van der Waals surface area contributed by atoms with E-state index >= 15 is 0 Å². The van der Waals surface area contributed by atoms with E-state index in [1.165, 1.54) is 26.0 Å². The van der Waals surface area contributed by atoms with Crippen LogP contribution in [0.4, 0.5) is 11.4 Å². The van der Waals surface area contributed by atoms with Crippen LogP contribution in [0.3, 0.4) is 0 Å². The van der Waals surface area contributed by atoms with Gasteiger partial charge >= 0.3 is 0 Å². The summed E-state index contributed by atoms with van der Waals surface area (Å²) >= 11 is 17.7. The fourth-order valence-electron chi connectivity index (χ4n) is 2.07. The van der Waals surface area contributed by atoms with Crippen molar-refractivity contribution in [2.24, 2.45) is 0 Å². The molecule has 8 heteroatoms. The van der Waals surface area contributed by atoms with E-state index in [1.54, 1.807) is 24.3 Å². The normalized spacial score (nSPS) is 11.1. The summed E-state index contributed by atoms with van der Waals surface area (Å²) in [5.41, 5.74) is 1.50. The summed E-state index contributed by atoms with van der Waals surface area (Å²) in [5.74, 6) is -1.07. The van der Waals surface area contributed by atoms with Crippen molar-refractivity contribution in [2.45, 2.75) is 13.8 Å². The maximum atomic E-state index is 12.2. The van der Waals surface area contributed by atoms with Crippen LogP contribution in [0.2, 0.25) is 15.1 Å². The molecule has 0 unspecified atom stereocenters. The molecular weight excluding hydrogens is 411 g/mol. The third kappa shape index (κ3) is 5.82. The minimum absolute atomic E-state index is 0.0680. The third-order valence-corrected chi connectivity index (χ3v) is 4.56. The Kier molecular flexibility index (Phi) is 7.02. The van der Waals surface area contributed by atoms with Crippen molar-refractivity contribution in [3.05, 3.63) is 68.7 Å². The SMILES string of the molecule is CC(=O)c1ccc(NC(=O)/C(C)=C\C(=O)Nc2cc(Cl)c(Cl)cc2Cl)cc1. The van der Waals surface area contributed by atoms with Crippen LogP contribution >= 0.6 is 34.8 Å². The van der Waals surface area contributed by atoms with Crippen LogP contribution in [-0.4, -0.2) is 17.6 Å². The van der Waals surface area contributed by atoms with Crippen molar-refractivity contribution in [1.29, 1.82) is 0 Å². The Balaban J connectivity index is 2.05. The van der Waals surface area contributed by atoms with Gasteiger partial charge in [-0.05, 0) is 50.2 Å². The van der Waals surface area contributed by atoms with Gasteiger partial charge < -0.3 is 10.6 Å². The highest BCUT2D eigenvalue weighted by atomic mass is 35.5. The molecule has 5 nitrogen and oxygen atoms in total. The zero-order chi connectivity index (χ0) is 20.1. The van der Waals surface area contributed by atoms with Gasteiger partial charge in [-0.2, -0.15) is 0 Å². The number of nitrogens with one attached hydrogen (secondary N) is 2. The second-order valence-corrected chi connectivity index (χ2v) is 6.87. The molecule has 2 amide bonds. The monoisotopic (exact) mass is 424 g/mol. The van der Waals surface area contributed by atoms with Crippen molar-refractivity contribution in [3.8, 4) is 0 Å². The van der Waals surface area contributed by atoms with E-state index < -0.39 is 11.8 Å². The third-order valence-electron chi connectivity index (χ3n) is 3.52. The molecule has 0 atom stereocenters. The van der Waals surface area contributed by atoms with Crippen molar-refractivity contribution in [3.63, 3.8) is 0 Å². The molecule has 27 heavy (non-hydrogen) atoms. The number of hydrogen-bond acceptors (Lipinski definition) is 3. The first-order chi connectivity index (χ1) is 12.7. The molecule has 2 aromatic rings. The van der Waals surface area contributed by atoms with Gasteiger partial charge in [-0.3, -0.25) is 14.4 Å². The number of hydrogen-bond donors (Lipinski definition) is 2. The fraction of sp³-hybridized carbons (Fsp3) is 0.105. The number of amides is 2. The van der Waals surface area contributed by atoms with Gasteiger partial charge in [0.05, 0.1) is 20.8 Å². The zero-order valence-corrected chi connectivity index (χ0v) is 16.7. The minimum Gasteiger partial charge on any atom is -0.322 e. The van der Waals surface area contributed by atoms with Gasteiger partial charge in [-0.1, -0.05) is 34.8 Å². The minimum atomic E-state index is -0.546. The molecule has 0 fully saturated rings. The van der Waals surface area contributed by atoms with E-state index in [1.807, 2.05) is 0 Å². The van der Waals surface area contributed by atoms with Crippen molar-refractivity contribution in [2.75, 3.05) is 10.6 Å². The summed E-state index contributed by atoms with van der Waals surface area (Å²) in [6.45, 7) is 2.95. The number of rotatable bonds is 5. The largest absolute Gasteiger partial charge is 0.322 e. The molecule has 0 radical (unpaired) electrons. The second kappa shape index (κ2) is 9.04. The van der Waals surface area contributed by atoms with Crippen molar-refractivity contribution < 1.29 is 14.4 Å². The molecule has 0 heterocycles. The molecule has 2 rings (SSSR count). The maximum absolute atomic E-state index is 12.2. The van der Waals surface area contributed by atoms with Crippen LogP contribution in [-0.2, 0) is 9.59 Å². The van der Waals surface area contributed by atoms with Crippen molar-refractivity contribution >= 4 is 63.8 Å². The van der Waals surface area contributed by atoms with Gasteiger partial charge in [0, 0.05) is 22.9 Å². The molecule has 0 saturated carbocycles. The molecule has 0 spiro atoms. The number of carbonyl (C=O) groups excluding carboxylic acids is 3. The highest BCUT2D eigenvalue weighted by Crippen LogP contribution is 2.32. The fourth-order valence-corrected chi connectivity index (χ4v) is 2.66. The van der Waals surface area contributed by atoms with Gasteiger partial charge in [0.15, 0.2) is 5.78 Å². The number of halogens is 3. The van der Waals surface area contributed by atoms with Crippen LogP contribution in [0, 0.1) is 0 Å². The molecule has 2 N–H and O–H groups in total. The molecule has 0 aromatic heterocycles. The molecule has 0 aliphatic rings.